The van der Waals surface area contributed by atoms with Crippen molar-refractivity contribution in [1.29, 1.82) is 0 Å². The third-order valence-corrected chi connectivity index (χ3v) is 2.93. The Kier molecular flexibility index (Phi) is 4.80. The number of carbonyl (C=O) groups excluding carboxylic acids is 2. The lowest BCUT2D eigenvalue weighted by molar-refractivity contribution is -0.162. The lowest BCUT2D eigenvalue weighted by Crippen LogP contribution is -2.42. The molecule has 0 aromatic rings. The van der Waals surface area contributed by atoms with E-state index in [1.807, 2.05) is 20.8 Å². The number of ether oxygens (including phenoxy) is 1. The normalized spacial score (nSPS) is 18.0. The van der Waals surface area contributed by atoms with E-state index in [4.69, 9.17) is 16.3 Å². The molecule has 1 amide bonds. The zero-order chi connectivity index (χ0) is 13.1. The van der Waals surface area contributed by atoms with Crippen molar-refractivity contribution in [3.8, 4) is 0 Å². The van der Waals surface area contributed by atoms with Crippen molar-refractivity contribution in [3.63, 3.8) is 0 Å². The predicted octanol–water partition coefficient (Wildman–Crippen LogP) is 1.81. The second-order valence-electron chi connectivity index (χ2n) is 5.32. The van der Waals surface area contributed by atoms with Crippen LogP contribution in [0.3, 0.4) is 0 Å². The van der Waals surface area contributed by atoms with Gasteiger partial charge in [0.05, 0.1) is 5.92 Å². The topological polar surface area (TPSA) is 46.6 Å². The number of esters is 1. The van der Waals surface area contributed by atoms with Crippen molar-refractivity contribution >= 4 is 23.5 Å². The van der Waals surface area contributed by atoms with E-state index >= 15 is 0 Å². The summed E-state index contributed by atoms with van der Waals surface area (Å²) in [7, 11) is 0. The number of piperidine rings is 1. The molecular weight excluding hydrogens is 242 g/mol. The van der Waals surface area contributed by atoms with Crippen LogP contribution in [0.25, 0.3) is 0 Å². The molecule has 1 rings (SSSR count). The summed E-state index contributed by atoms with van der Waals surface area (Å²) >= 11 is 5.49. The van der Waals surface area contributed by atoms with Crippen LogP contribution in [0.5, 0.6) is 0 Å². The van der Waals surface area contributed by atoms with Crippen molar-refractivity contribution in [3.05, 3.63) is 0 Å². The van der Waals surface area contributed by atoms with Gasteiger partial charge < -0.3 is 9.64 Å². The highest BCUT2D eigenvalue weighted by molar-refractivity contribution is 6.27. The zero-order valence-electron chi connectivity index (χ0n) is 10.7. The Balaban J connectivity index is 2.42. The number of likely N-dealkylation sites (tertiary alicyclic amines) is 1. The molecule has 0 aromatic carbocycles. The van der Waals surface area contributed by atoms with Gasteiger partial charge in [0.15, 0.2) is 0 Å². The third-order valence-electron chi connectivity index (χ3n) is 2.70. The van der Waals surface area contributed by atoms with Gasteiger partial charge in [0.25, 0.3) is 0 Å². The summed E-state index contributed by atoms with van der Waals surface area (Å²) in [6.07, 6.45) is 1.33. The Morgan fingerprint density at radius 3 is 2.24 bits per heavy atom. The number of hydrogen-bond donors (Lipinski definition) is 0. The van der Waals surface area contributed by atoms with Gasteiger partial charge in [0.1, 0.15) is 11.5 Å². The number of rotatable bonds is 2. The number of halogens is 1. The van der Waals surface area contributed by atoms with Gasteiger partial charge in [-0.05, 0) is 33.6 Å². The fraction of sp³-hybridized carbons (Fsp3) is 0.833. The summed E-state index contributed by atoms with van der Waals surface area (Å²) < 4.78 is 5.33. The summed E-state index contributed by atoms with van der Waals surface area (Å²) in [5.41, 5.74) is -0.444. The molecule has 0 atom stereocenters. The van der Waals surface area contributed by atoms with Gasteiger partial charge >= 0.3 is 5.97 Å². The summed E-state index contributed by atoms with van der Waals surface area (Å²) in [6, 6.07) is 0. The van der Waals surface area contributed by atoms with E-state index in [9.17, 15) is 9.59 Å². The van der Waals surface area contributed by atoms with E-state index in [0.717, 1.165) is 0 Å². The van der Waals surface area contributed by atoms with Gasteiger partial charge in [-0.3, -0.25) is 9.59 Å². The lowest BCUT2D eigenvalue weighted by Gasteiger charge is -2.32. The molecule has 17 heavy (non-hydrogen) atoms. The van der Waals surface area contributed by atoms with Gasteiger partial charge in [-0.2, -0.15) is 0 Å². The van der Waals surface area contributed by atoms with Gasteiger partial charge in [0, 0.05) is 13.1 Å². The van der Waals surface area contributed by atoms with Crippen LogP contribution >= 0.6 is 11.6 Å². The Morgan fingerprint density at radius 1 is 1.29 bits per heavy atom. The van der Waals surface area contributed by atoms with E-state index in [1.54, 1.807) is 4.90 Å². The Labute approximate surface area is 107 Å². The Bertz CT molecular complexity index is 291. The van der Waals surface area contributed by atoms with E-state index in [1.165, 1.54) is 0 Å². The average Bonchev–Trinajstić information content (AvgIpc) is 2.26. The fourth-order valence-electron chi connectivity index (χ4n) is 1.83. The molecule has 0 bridgehead atoms. The number of nitrogens with zero attached hydrogens (tertiary/aromatic N) is 1. The van der Waals surface area contributed by atoms with Gasteiger partial charge in [-0.15, -0.1) is 11.6 Å². The van der Waals surface area contributed by atoms with Crippen LogP contribution in [0.2, 0.25) is 0 Å². The molecule has 5 heteroatoms. The van der Waals surface area contributed by atoms with E-state index in [-0.39, 0.29) is 23.7 Å². The predicted molar refractivity (Wildman–Crippen MR) is 65.9 cm³/mol. The first-order chi connectivity index (χ1) is 7.83. The Hall–Kier alpha value is -0.770. The molecular formula is C12H20ClNO3. The molecule has 98 valence electrons. The molecule has 1 fully saturated rings. The largest absolute Gasteiger partial charge is 0.460 e. The first-order valence-corrected chi connectivity index (χ1v) is 6.43. The van der Waals surface area contributed by atoms with Crippen LogP contribution in [0, 0.1) is 5.92 Å². The molecule has 0 aromatic heterocycles. The molecule has 1 heterocycles. The van der Waals surface area contributed by atoms with E-state index < -0.39 is 5.60 Å². The summed E-state index contributed by atoms with van der Waals surface area (Å²) in [5, 5.41) is 0. The second-order valence-corrected chi connectivity index (χ2v) is 5.59. The lowest BCUT2D eigenvalue weighted by atomic mass is 9.96. The van der Waals surface area contributed by atoms with Gasteiger partial charge in [-0.1, -0.05) is 0 Å². The summed E-state index contributed by atoms with van der Waals surface area (Å²) in [5.74, 6) is -0.296. The maximum Gasteiger partial charge on any atom is 0.309 e. The maximum atomic E-state index is 11.8. The molecule has 1 aliphatic heterocycles. The molecule has 0 unspecified atom stereocenters. The third kappa shape index (κ3) is 4.54. The maximum absolute atomic E-state index is 11.8. The van der Waals surface area contributed by atoms with Crippen LogP contribution < -0.4 is 0 Å². The van der Waals surface area contributed by atoms with E-state index in [0.29, 0.717) is 25.9 Å². The monoisotopic (exact) mass is 261 g/mol. The molecule has 0 aliphatic carbocycles. The van der Waals surface area contributed by atoms with Crippen LogP contribution in [-0.4, -0.2) is 41.3 Å². The van der Waals surface area contributed by atoms with Crippen molar-refractivity contribution in [2.24, 2.45) is 5.92 Å². The van der Waals surface area contributed by atoms with Gasteiger partial charge in [0.2, 0.25) is 5.91 Å². The van der Waals surface area contributed by atoms with Crippen LogP contribution in [0.4, 0.5) is 0 Å². The minimum atomic E-state index is -0.444. The van der Waals surface area contributed by atoms with Crippen molar-refractivity contribution in [2.45, 2.75) is 39.2 Å². The Morgan fingerprint density at radius 2 is 1.82 bits per heavy atom. The van der Waals surface area contributed by atoms with Crippen molar-refractivity contribution < 1.29 is 14.3 Å². The first-order valence-electron chi connectivity index (χ1n) is 5.90. The van der Waals surface area contributed by atoms with Crippen LogP contribution in [0.1, 0.15) is 33.6 Å². The number of carbonyl (C=O) groups is 2. The molecule has 0 N–H and O–H groups in total. The number of hydrogen-bond acceptors (Lipinski definition) is 3. The smallest absolute Gasteiger partial charge is 0.309 e. The minimum Gasteiger partial charge on any atom is -0.460 e. The molecule has 0 radical (unpaired) electrons. The SMILES string of the molecule is CC(C)(C)OC(=O)C1CCN(C(=O)CCl)CC1. The molecule has 4 nitrogen and oxygen atoms in total. The highest BCUT2D eigenvalue weighted by Gasteiger charge is 2.30. The van der Waals surface area contributed by atoms with Crippen molar-refractivity contribution in [2.75, 3.05) is 19.0 Å². The minimum absolute atomic E-state index is 0.0110. The molecule has 0 saturated carbocycles. The first kappa shape index (κ1) is 14.3. The number of alkyl halides is 1. The standard InChI is InChI=1S/C12H20ClNO3/c1-12(2,3)17-11(16)9-4-6-14(7-5-9)10(15)8-13/h9H,4-8H2,1-3H3. The second kappa shape index (κ2) is 5.71. The molecule has 1 saturated heterocycles. The summed E-state index contributed by atoms with van der Waals surface area (Å²) in [4.78, 5) is 24.9. The fourth-order valence-corrected chi connectivity index (χ4v) is 2.00. The number of amides is 1. The van der Waals surface area contributed by atoms with Crippen molar-refractivity contribution in [1.82, 2.24) is 4.90 Å². The van der Waals surface area contributed by atoms with Crippen LogP contribution in [0.15, 0.2) is 0 Å². The van der Waals surface area contributed by atoms with Gasteiger partial charge in [-0.25, -0.2) is 0 Å². The molecule has 0 spiro atoms. The highest BCUT2D eigenvalue weighted by atomic mass is 35.5. The zero-order valence-corrected chi connectivity index (χ0v) is 11.4. The average molecular weight is 262 g/mol. The van der Waals surface area contributed by atoms with E-state index in [2.05, 4.69) is 0 Å². The molecule has 1 aliphatic rings. The quantitative estimate of drug-likeness (QED) is 0.563. The highest BCUT2D eigenvalue weighted by Crippen LogP contribution is 2.21. The summed E-state index contributed by atoms with van der Waals surface area (Å²) in [6.45, 7) is 6.76. The van der Waals surface area contributed by atoms with Crippen LogP contribution in [-0.2, 0) is 14.3 Å².